The van der Waals surface area contributed by atoms with Gasteiger partial charge in [-0.25, -0.2) is 9.18 Å². The molecule has 0 amide bonds. The first-order chi connectivity index (χ1) is 8.04. The summed E-state index contributed by atoms with van der Waals surface area (Å²) in [6.45, 7) is 0. The fourth-order valence-corrected chi connectivity index (χ4v) is 1.34. The summed E-state index contributed by atoms with van der Waals surface area (Å²) < 4.78 is 27.5. The lowest BCUT2D eigenvalue weighted by atomic mass is 10.1. The van der Waals surface area contributed by atoms with Gasteiger partial charge in [0.2, 0.25) is 0 Å². The molecule has 94 valence electrons. The largest absolute Gasteiger partial charge is 0.496 e. The van der Waals surface area contributed by atoms with E-state index in [4.69, 9.17) is 9.47 Å². The van der Waals surface area contributed by atoms with Crippen molar-refractivity contribution in [2.24, 2.45) is 0 Å². The topological polar surface area (TPSA) is 65.0 Å². The Hall–Kier alpha value is -1.82. The van der Waals surface area contributed by atoms with E-state index in [1.54, 1.807) is 0 Å². The highest BCUT2D eigenvalue weighted by Gasteiger charge is 2.24. The summed E-state index contributed by atoms with van der Waals surface area (Å²) >= 11 is 0. The van der Waals surface area contributed by atoms with Crippen molar-refractivity contribution in [1.82, 2.24) is 0 Å². The van der Waals surface area contributed by atoms with E-state index in [2.05, 4.69) is 4.74 Å². The summed E-state index contributed by atoms with van der Waals surface area (Å²) in [7, 11) is 3.76. The van der Waals surface area contributed by atoms with Gasteiger partial charge in [0, 0.05) is 11.6 Å². The molecule has 0 aliphatic rings. The third kappa shape index (κ3) is 2.65. The van der Waals surface area contributed by atoms with E-state index in [9.17, 15) is 14.3 Å². The Morgan fingerprint density at radius 3 is 2.29 bits per heavy atom. The first-order valence-electron chi connectivity index (χ1n) is 4.72. The van der Waals surface area contributed by atoms with Crippen LogP contribution in [-0.4, -0.2) is 32.4 Å². The molecule has 0 aliphatic heterocycles. The Balaban J connectivity index is 3.23. The number of hydrogen-bond acceptors (Lipinski definition) is 5. The van der Waals surface area contributed by atoms with Crippen LogP contribution in [0.3, 0.4) is 0 Å². The van der Waals surface area contributed by atoms with E-state index in [1.165, 1.54) is 20.3 Å². The predicted molar refractivity (Wildman–Crippen MR) is 56.5 cm³/mol. The maximum absolute atomic E-state index is 13.5. The van der Waals surface area contributed by atoms with Crippen molar-refractivity contribution < 1.29 is 28.5 Å². The molecule has 0 bridgehead atoms. The summed E-state index contributed by atoms with van der Waals surface area (Å²) in [4.78, 5) is 11.2. The number of benzene rings is 1. The normalized spacial score (nSPS) is 11.8. The summed E-state index contributed by atoms with van der Waals surface area (Å²) in [6.07, 6.45) is -1.60. The smallest absolute Gasteiger partial charge is 0.339 e. The van der Waals surface area contributed by atoms with Crippen molar-refractivity contribution in [3.8, 4) is 11.5 Å². The lowest BCUT2D eigenvalue weighted by molar-refractivity contribution is -0.150. The summed E-state index contributed by atoms with van der Waals surface area (Å²) in [5, 5.41) is 9.63. The maximum atomic E-state index is 13.5. The first kappa shape index (κ1) is 13.2. The van der Waals surface area contributed by atoms with E-state index >= 15 is 0 Å². The minimum atomic E-state index is -1.60. The molecule has 1 unspecified atom stereocenters. The van der Waals surface area contributed by atoms with Gasteiger partial charge in [-0.15, -0.1) is 0 Å². The standard InChI is InChI=1S/C11H13FO5/c1-15-8-5-9(16-2)7(12)4-6(8)10(13)11(14)17-3/h4-5,10,13H,1-3H3. The molecule has 1 atom stereocenters. The molecule has 5 nitrogen and oxygen atoms in total. The number of esters is 1. The first-order valence-corrected chi connectivity index (χ1v) is 4.72. The van der Waals surface area contributed by atoms with Gasteiger partial charge in [0.05, 0.1) is 21.3 Å². The molecule has 0 radical (unpaired) electrons. The van der Waals surface area contributed by atoms with Gasteiger partial charge in [0.1, 0.15) is 5.75 Å². The van der Waals surface area contributed by atoms with Gasteiger partial charge >= 0.3 is 5.97 Å². The zero-order valence-corrected chi connectivity index (χ0v) is 9.69. The van der Waals surface area contributed by atoms with Crippen LogP contribution >= 0.6 is 0 Å². The number of aliphatic hydroxyl groups is 1. The number of methoxy groups -OCH3 is 3. The molecule has 0 fully saturated rings. The molecule has 0 heterocycles. The second-order valence-electron chi connectivity index (χ2n) is 3.15. The number of hydrogen-bond donors (Lipinski definition) is 1. The Morgan fingerprint density at radius 1 is 1.24 bits per heavy atom. The highest BCUT2D eigenvalue weighted by Crippen LogP contribution is 2.32. The van der Waals surface area contributed by atoms with Gasteiger partial charge in [0.25, 0.3) is 0 Å². The molecule has 1 aromatic carbocycles. The minimum Gasteiger partial charge on any atom is -0.496 e. The van der Waals surface area contributed by atoms with Crippen LogP contribution in [0.1, 0.15) is 11.7 Å². The number of rotatable bonds is 4. The van der Waals surface area contributed by atoms with Crippen LogP contribution in [0.25, 0.3) is 0 Å². The molecule has 1 N–H and O–H groups in total. The number of ether oxygens (including phenoxy) is 3. The van der Waals surface area contributed by atoms with E-state index in [-0.39, 0.29) is 17.1 Å². The second-order valence-corrected chi connectivity index (χ2v) is 3.15. The molecule has 0 aliphatic carbocycles. The Bertz CT molecular complexity index is 419. The lowest BCUT2D eigenvalue weighted by Gasteiger charge is -2.14. The van der Waals surface area contributed by atoms with Gasteiger partial charge in [0.15, 0.2) is 17.7 Å². The zero-order valence-electron chi connectivity index (χ0n) is 9.69. The molecular formula is C11H13FO5. The number of carbonyl (C=O) groups is 1. The van der Waals surface area contributed by atoms with Crippen molar-refractivity contribution in [2.45, 2.75) is 6.10 Å². The maximum Gasteiger partial charge on any atom is 0.339 e. The van der Waals surface area contributed by atoms with Gasteiger partial charge in [-0.3, -0.25) is 0 Å². The molecule has 6 heteroatoms. The number of halogens is 1. The van der Waals surface area contributed by atoms with Crippen molar-refractivity contribution in [1.29, 1.82) is 0 Å². The van der Waals surface area contributed by atoms with Gasteiger partial charge in [-0.2, -0.15) is 0 Å². The van der Waals surface area contributed by atoms with Crippen LogP contribution in [0.5, 0.6) is 11.5 Å². The lowest BCUT2D eigenvalue weighted by Crippen LogP contribution is -2.14. The van der Waals surface area contributed by atoms with E-state index < -0.39 is 17.9 Å². The van der Waals surface area contributed by atoms with Gasteiger partial charge in [-0.1, -0.05) is 0 Å². The molecule has 17 heavy (non-hydrogen) atoms. The number of carbonyl (C=O) groups excluding carboxylic acids is 1. The Labute approximate surface area is 97.7 Å². The zero-order chi connectivity index (χ0) is 13.0. The molecule has 1 rings (SSSR count). The van der Waals surface area contributed by atoms with E-state index in [0.717, 1.165) is 13.2 Å². The summed E-state index contributed by atoms with van der Waals surface area (Å²) in [5.41, 5.74) is -0.0161. The SMILES string of the molecule is COC(=O)C(O)c1cc(F)c(OC)cc1OC. The fourth-order valence-electron chi connectivity index (χ4n) is 1.34. The van der Waals surface area contributed by atoms with Crippen LogP contribution in [0.2, 0.25) is 0 Å². The van der Waals surface area contributed by atoms with Crippen LogP contribution in [0, 0.1) is 5.82 Å². The van der Waals surface area contributed by atoms with Crippen LogP contribution in [-0.2, 0) is 9.53 Å². The molecular weight excluding hydrogens is 231 g/mol. The average molecular weight is 244 g/mol. The van der Waals surface area contributed by atoms with E-state index in [0.29, 0.717) is 0 Å². The predicted octanol–water partition coefficient (Wildman–Crippen LogP) is 1.05. The Kier molecular flexibility index (Phi) is 4.28. The number of aliphatic hydroxyl groups excluding tert-OH is 1. The molecule has 0 saturated heterocycles. The Morgan fingerprint density at radius 2 is 1.82 bits per heavy atom. The average Bonchev–Trinajstić information content (AvgIpc) is 2.36. The quantitative estimate of drug-likeness (QED) is 0.802. The molecule has 0 spiro atoms. The third-order valence-corrected chi connectivity index (χ3v) is 2.22. The molecule has 0 aromatic heterocycles. The van der Waals surface area contributed by atoms with Gasteiger partial charge in [-0.05, 0) is 6.07 Å². The highest BCUT2D eigenvalue weighted by atomic mass is 19.1. The monoisotopic (exact) mass is 244 g/mol. The molecule has 0 saturated carbocycles. The second kappa shape index (κ2) is 5.49. The summed E-state index contributed by atoms with van der Waals surface area (Å²) in [5.74, 6) is -1.50. The summed E-state index contributed by atoms with van der Waals surface area (Å²) in [6, 6.07) is 2.22. The highest BCUT2D eigenvalue weighted by molar-refractivity contribution is 5.77. The van der Waals surface area contributed by atoms with Crippen molar-refractivity contribution in [2.75, 3.05) is 21.3 Å². The van der Waals surface area contributed by atoms with Crippen molar-refractivity contribution in [3.05, 3.63) is 23.5 Å². The molecule has 1 aromatic rings. The minimum absolute atomic E-state index is 0.0161. The van der Waals surface area contributed by atoms with Crippen molar-refractivity contribution in [3.63, 3.8) is 0 Å². The van der Waals surface area contributed by atoms with Crippen LogP contribution < -0.4 is 9.47 Å². The van der Waals surface area contributed by atoms with Crippen LogP contribution in [0.4, 0.5) is 4.39 Å². The van der Waals surface area contributed by atoms with Gasteiger partial charge < -0.3 is 19.3 Å². The third-order valence-electron chi connectivity index (χ3n) is 2.22. The fraction of sp³-hybridized carbons (Fsp3) is 0.364. The van der Waals surface area contributed by atoms with E-state index in [1.807, 2.05) is 0 Å². The van der Waals surface area contributed by atoms with Crippen molar-refractivity contribution >= 4 is 5.97 Å². The van der Waals surface area contributed by atoms with Crippen LogP contribution in [0.15, 0.2) is 12.1 Å².